The summed E-state index contributed by atoms with van der Waals surface area (Å²) in [6, 6.07) is 4.31. The number of alkyl halides is 1. The second-order valence-electron chi connectivity index (χ2n) is 2.68. The molecule has 0 amide bonds. The number of ketones is 1. The van der Waals surface area contributed by atoms with Crippen LogP contribution in [0.15, 0.2) is 12.1 Å². The molecule has 0 bridgehead atoms. The predicted molar refractivity (Wildman–Crippen MR) is 55.8 cm³/mol. The van der Waals surface area contributed by atoms with Crippen molar-refractivity contribution in [1.29, 1.82) is 5.26 Å². The minimum atomic E-state index is -0.799. The van der Waals surface area contributed by atoms with Gasteiger partial charge in [-0.1, -0.05) is 15.9 Å². The maximum absolute atomic E-state index is 13.5. The Balaban J connectivity index is 3.39. The Labute approximate surface area is 94.6 Å². The average Bonchev–Trinajstić information content (AvgIpc) is 2.27. The van der Waals surface area contributed by atoms with Crippen molar-refractivity contribution in [2.75, 3.05) is 12.4 Å². The van der Waals surface area contributed by atoms with Crippen LogP contribution >= 0.6 is 15.9 Å². The lowest BCUT2D eigenvalue weighted by Gasteiger charge is -2.07. The number of methoxy groups -OCH3 is 1. The largest absolute Gasteiger partial charge is 0.493 e. The van der Waals surface area contributed by atoms with Gasteiger partial charge in [-0.25, -0.2) is 4.39 Å². The van der Waals surface area contributed by atoms with Gasteiger partial charge in [0.05, 0.1) is 23.6 Å². The molecule has 1 rings (SSSR count). The third kappa shape index (κ3) is 2.16. The molecule has 5 heteroatoms. The molecule has 0 atom stereocenters. The Morgan fingerprint density at radius 2 is 2.33 bits per heavy atom. The smallest absolute Gasteiger partial charge is 0.183 e. The van der Waals surface area contributed by atoms with Crippen LogP contribution in [0.4, 0.5) is 4.39 Å². The first-order valence-corrected chi connectivity index (χ1v) is 5.13. The fourth-order valence-corrected chi connectivity index (χ4v) is 1.44. The molecule has 0 aliphatic heterocycles. The van der Waals surface area contributed by atoms with Crippen molar-refractivity contribution in [3.05, 3.63) is 29.1 Å². The Hall–Kier alpha value is -1.41. The van der Waals surface area contributed by atoms with E-state index in [1.54, 1.807) is 6.07 Å². The number of rotatable bonds is 3. The molecule has 0 fully saturated rings. The Morgan fingerprint density at radius 1 is 1.67 bits per heavy atom. The maximum atomic E-state index is 13.5. The van der Waals surface area contributed by atoms with E-state index in [0.29, 0.717) is 0 Å². The van der Waals surface area contributed by atoms with Gasteiger partial charge in [-0.05, 0) is 12.1 Å². The quantitative estimate of drug-likeness (QED) is 0.626. The number of nitrogens with zero attached hydrogens (tertiary/aromatic N) is 1. The van der Waals surface area contributed by atoms with Crippen LogP contribution in [-0.2, 0) is 0 Å². The fourth-order valence-electron chi connectivity index (χ4n) is 1.13. The summed E-state index contributed by atoms with van der Waals surface area (Å²) in [4.78, 5) is 11.4. The van der Waals surface area contributed by atoms with Crippen molar-refractivity contribution >= 4 is 21.7 Å². The third-order valence-electron chi connectivity index (χ3n) is 1.84. The molecule has 0 N–H and O–H groups in total. The summed E-state index contributed by atoms with van der Waals surface area (Å²) < 4.78 is 18.3. The molecule has 3 nitrogen and oxygen atoms in total. The topological polar surface area (TPSA) is 50.1 Å². The highest BCUT2D eigenvalue weighted by Crippen LogP contribution is 2.26. The fraction of sp³-hybridized carbons (Fsp3) is 0.200. The molecule has 15 heavy (non-hydrogen) atoms. The summed E-state index contributed by atoms with van der Waals surface area (Å²) in [6.45, 7) is 0. The standard InChI is InChI=1S/C10H7BrFNO2/c1-15-10-7(8(14)4-11)3-2-6(5-13)9(10)12/h2-3H,4H2,1H3. The van der Waals surface area contributed by atoms with Crippen LogP contribution in [0.25, 0.3) is 0 Å². The molecule has 0 spiro atoms. The lowest BCUT2D eigenvalue weighted by Crippen LogP contribution is -2.05. The number of ether oxygens (including phenoxy) is 1. The molecule has 1 aromatic rings. The normalized spacial score (nSPS) is 9.47. The number of carbonyl (C=O) groups is 1. The van der Waals surface area contributed by atoms with Crippen LogP contribution in [-0.4, -0.2) is 18.2 Å². The van der Waals surface area contributed by atoms with Crippen LogP contribution in [0.5, 0.6) is 5.75 Å². The van der Waals surface area contributed by atoms with Crippen LogP contribution in [0.2, 0.25) is 0 Å². The number of nitriles is 1. The Morgan fingerprint density at radius 3 is 2.80 bits per heavy atom. The van der Waals surface area contributed by atoms with Gasteiger partial charge >= 0.3 is 0 Å². The molecule has 0 heterocycles. The molecule has 0 saturated heterocycles. The summed E-state index contributed by atoms with van der Waals surface area (Å²) in [6.07, 6.45) is 0. The second kappa shape index (κ2) is 4.89. The minimum Gasteiger partial charge on any atom is -0.493 e. The van der Waals surface area contributed by atoms with E-state index >= 15 is 0 Å². The highest BCUT2D eigenvalue weighted by Gasteiger charge is 2.18. The Bertz CT molecular complexity index is 440. The van der Waals surface area contributed by atoms with Gasteiger partial charge in [0.1, 0.15) is 6.07 Å². The van der Waals surface area contributed by atoms with Crippen LogP contribution < -0.4 is 4.74 Å². The lowest BCUT2D eigenvalue weighted by atomic mass is 10.1. The summed E-state index contributed by atoms with van der Waals surface area (Å²) in [5, 5.41) is 8.66. The van der Waals surface area contributed by atoms with Crippen molar-refractivity contribution < 1.29 is 13.9 Å². The van der Waals surface area contributed by atoms with Gasteiger partial charge in [0.25, 0.3) is 0 Å². The average molecular weight is 272 g/mol. The number of benzene rings is 1. The molecule has 78 valence electrons. The molecule has 0 aliphatic rings. The first-order chi connectivity index (χ1) is 7.15. The molecular formula is C10H7BrFNO2. The highest BCUT2D eigenvalue weighted by molar-refractivity contribution is 9.09. The van der Waals surface area contributed by atoms with Crippen molar-refractivity contribution in [3.63, 3.8) is 0 Å². The first-order valence-electron chi connectivity index (χ1n) is 4.01. The molecule has 0 radical (unpaired) electrons. The van der Waals surface area contributed by atoms with Gasteiger partial charge < -0.3 is 4.74 Å². The molecule has 1 aromatic carbocycles. The lowest BCUT2D eigenvalue weighted by molar-refractivity contribution is 0.102. The van der Waals surface area contributed by atoms with E-state index in [-0.39, 0.29) is 28.0 Å². The van der Waals surface area contributed by atoms with E-state index in [1.165, 1.54) is 19.2 Å². The summed E-state index contributed by atoms with van der Waals surface area (Å²) in [5.74, 6) is -1.28. The van der Waals surface area contributed by atoms with Crippen molar-refractivity contribution in [3.8, 4) is 11.8 Å². The van der Waals surface area contributed by atoms with Gasteiger partial charge in [0.15, 0.2) is 17.3 Å². The number of halogens is 2. The van der Waals surface area contributed by atoms with E-state index in [0.717, 1.165) is 0 Å². The SMILES string of the molecule is COc1c(C(=O)CBr)ccc(C#N)c1F. The molecular weight excluding hydrogens is 265 g/mol. The van der Waals surface area contributed by atoms with Crippen LogP contribution in [0.3, 0.4) is 0 Å². The zero-order valence-electron chi connectivity index (χ0n) is 7.88. The number of hydrogen-bond acceptors (Lipinski definition) is 3. The van der Waals surface area contributed by atoms with Crippen LogP contribution in [0.1, 0.15) is 15.9 Å². The summed E-state index contributed by atoms with van der Waals surface area (Å²) in [7, 11) is 1.25. The number of Topliss-reactive ketones (excluding diaryl/α,β-unsaturated/α-hetero) is 1. The predicted octanol–water partition coefficient (Wildman–Crippen LogP) is 2.28. The molecule has 0 aliphatic carbocycles. The van der Waals surface area contributed by atoms with E-state index in [9.17, 15) is 9.18 Å². The maximum Gasteiger partial charge on any atom is 0.183 e. The van der Waals surface area contributed by atoms with Crippen molar-refractivity contribution in [2.24, 2.45) is 0 Å². The van der Waals surface area contributed by atoms with E-state index in [2.05, 4.69) is 15.9 Å². The van der Waals surface area contributed by atoms with Gasteiger partial charge in [0.2, 0.25) is 0 Å². The first kappa shape index (κ1) is 11.7. The minimum absolute atomic E-state index is 0.0781. The summed E-state index contributed by atoms with van der Waals surface area (Å²) >= 11 is 2.98. The van der Waals surface area contributed by atoms with Crippen molar-refractivity contribution in [2.45, 2.75) is 0 Å². The summed E-state index contributed by atoms with van der Waals surface area (Å²) in [5.41, 5.74) is -0.0103. The van der Waals surface area contributed by atoms with E-state index < -0.39 is 5.82 Å². The zero-order valence-corrected chi connectivity index (χ0v) is 9.47. The third-order valence-corrected chi connectivity index (χ3v) is 2.35. The number of hydrogen-bond donors (Lipinski definition) is 0. The Kier molecular flexibility index (Phi) is 3.81. The highest BCUT2D eigenvalue weighted by atomic mass is 79.9. The monoisotopic (exact) mass is 271 g/mol. The molecule has 0 saturated carbocycles. The number of carbonyl (C=O) groups excluding carboxylic acids is 1. The van der Waals surface area contributed by atoms with Crippen LogP contribution in [0, 0.1) is 17.1 Å². The molecule has 0 aromatic heterocycles. The van der Waals surface area contributed by atoms with E-state index in [1.807, 2.05) is 0 Å². The van der Waals surface area contributed by atoms with E-state index in [4.69, 9.17) is 10.00 Å². The van der Waals surface area contributed by atoms with Gasteiger partial charge in [0, 0.05) is 0 Å². The molecule has 0 unspecified atom stereocenters. The van der Waals surface area contributed by atoms with Crippen molar-refractivity contribution in [1.82, 2.24) is 0 Å². The zero-order chi connectivity index (χ0) is 11.4. The second-order valence-corrected chi connectivity index (χ2v) is 3.24. The van der Waals surface area contributed by atoms with Gasteiger partial charge in [-0.2, -0.15) is 5.26 Å². The van der Waals surface area contributed by atoms with Gasteiger partial charge in [-0.3, -0.25) is 4.79 Å². The van der Waals surface area contributed by atoms with Gasteiger partial charge in [-0.15, -0.1) is 0 Å².